The van der Waals surface area contributed by atoms with Gasteiger partial charge in [-0.25, -0.2) is 0 Å². The molecule has 2 heteroatoms. The van der Waals surface area contributed by atoms with Gasteiger partial charge in [-0.1, -0.05) is 41.5 Å². The molecule has 2 nitrogen and oxygen atoms in total. The third-order valence-electron chi connectivity index (χ3n) is 3.59. The maximum absolute atomic E-state index is 6.37. The van der Waals surface area contributed by atoms with Crippen LogP contribution in [0.5, 0.6) is 0 Å². The van der Waals surface area contributed by atoms with Crippen molar-refractivity contribution in [1.29, 1.82) is 0 Å². The van der Waals surface area contributed by atoms with E-state index in [4.69, 9.17) is 5.73 Å². The molecule has 0 saturated carbocycles. The molecule has 20 heavy (non-hydrogen) atoms. The summed E-state index contributed by atoms with van der Waals surface area (Å²) >= 11 is 0. The number of aryl methyl sites for hydroxylation is 3. The number of nitrogens with two attached hydrogens (primary N) is 1. The van der Waals surface area contributed by atoms with Crippen LogP contribution < -0.4 is 10.6 Å². The summed E-state index contributed by atoms with van der Waals surface area (Å²) in [6, 6.07) is 15.1. The van der Waals surface area contributed by atoms with E-state index in [0.29, 0.717) is 0 Å². The second-order valence-corrected chi connectivity index (χ2v) is 5.75. The Morgan fingerprint density at radius 2 is 1.60 bits per heavy atom. The van der Waals surface area contributed by atoms with Crippen molar-refractivity contribution in [3.05, 3.63) is 64.7 Å². The van der Waals surface area contributed by atoms with Crippen LogP contribution in [-0.2, 0) is 0 Å². The van der Waals surface area contributed by atoms with Crippen LogP contribution in [0.3, 0.4) is 0 Å². The Bertz CT molecular complexity index is 569. The molecule has 0 spiro atoms. The summed E-state index contributed by atoms with van der Waals surface area (Å²) in [5.74, 6) is 0. The lowest BCUT2D eigenvalue weighted by molar-refractivity contribution is 0.702. The van der Waals surface area contributed by atoms with Gasteiger partial charge in [0, 0.05) is 25.3 Å². The molecule has 0 saturated heterocycles. The van der Waals surface area contributed by atoms with E-state index in [1.165, 1.54) is 27.9 Å². The zero-order valence-corrected chi connectivity index (χ0v) is 12.9. The van der Waals surface area contributed by atoms with Gasteiger partial charge in [-0.05, 0) is 44.0 Å². The maximum Gasteiger partial charge on any atom is 0.0473 e. The van der Waals surface area contributed by atoms with E-state index in [-0.39, 0.29) is 6.04 Å². The molecule has 2 aromatic carbocycles. The number of hydrogen-bond donors (Lipinski definition) is 1. The number of likely N-dealkylation sites (N-methyl/N-ethyl adjacent to an activating group) is 1. The summed E-state index contributed by atoms with van der Waals surface area (Å²) in [7, 11) is 2.09. The molecular weight excluding hydrogens is 244 g/mol. The van der Waals surface area contributed by atoms with Gasteiger partial charge >= 0.3 is 0 Å². The molecule has 1 atom stereocenters. The first-order valence-corrected chi connectivity index (χ1v) is 7.07. The lowest BCUT2D eigenvalue weighted by Gasteiger charge is -2.24. The van der Waals surface area contributed by atoms with Crippen molar-refractivity contribution < 1.29 is 0 Å². The summed E-state index contributed by atoms with van der Waals surface area (Å²) < 4.78 is 0. The average molecular weight is 268 g/mol. The van der Waals surface area contributed by atoms with Crippen molar-refractivity contribution in [3.8, 4) is 0 Å². The maximum atomic E-state index is 6.37. The van der Waals surface area contributed by atoms with Gasteiger partial charge in [0.25, 0.3) is 0 Å². The molecule has 1 unspecified atom stereocenters. The quantitative estimate of drug-likeness (QED) is 0.915. The van der Waals surface area contributed by atoms with Gasteiger partial charge < -0.3 is 10.6 Å². The van der Waals surface area contributed by atoms with Gasteiger partial charge in [0.15, 0.2) is 0 Å². The van der Waals surface area contributed by atoms with E-state index in [0.717, 1.165) is 6.54 Å². The van der Waals surface area contributed by atoms with E-state index in [1.54, 1.807) is 0 Å². The van der Waals surface area contributed by atoms with Gasteiger partial charge in [-0.3, -0.25) is 0 Å². The van der Waals surface area contributed by atoms with Gasteiger partial charge in [0.1, 0.15) is 0 Å². The third-order valence-corrected chi connectivity index (χ3v) is 3.59. The van der Waals surface area contributed by atoms with E-state index in [9.17, 15) is 0 Å². The highest BCUT2D eigenvalue weighted by atomic mass is 15.1. The number of hydrogen-bond acceptors (Lipinski definition) is 2. The number of rotatable bonds is 4. The Labute approximate surface area is 122 Å². The van der Waals surface area contributed by atoms with E-state index < -0.39 is 0 Å². The Kier molecular flexibility index (Phi) is 4.46. The largest absolute Gasteiger partial charge is 0.373 e. The summed E-state index contributed by atoms with van der Waals surface area (Å²) in [4.78, 5) is 2.22. The van der Waals surface area contributed by atoms with Gasteiger partial charge in [-0.15, -0.1) is 0 Å². The molecule has 0 amide bonds. The molecular formula is C18H24N2. The first-order valence-electron chi connectivity index (χ1n) is 7.07. The minimum Gasteiger partial charge on any atom is -0.373 e. The fraction of sp³-hybridized carbons (Fsp3) is 0.333. The monoisotopic (exact) mass is 268 g/mol. The van der Waals surface area contributed by atoms with E-state index >= 15 is 0 Å². The van der Waals surface area contributed by atoms with Crippen LogP contribution in [0.2, 0.25) is 0 Å². The van der Waals surface area contributed by atoms with Crippen LogP contribution in [0, 0.1) is 20.8 Å². The van der Waals surface area contributed by atoms with Crippen molar-refractivity contribution in [1.82, 2.24) is 0 Å². The van der Waals surface area contributed by atoms with Crippen molar-refractivity contribution >= 4 is 5.69 Å². The summed E-state index contributed by atoms with van der Waals surface area (Å²) in [5.41, 5.74) is 12.6. The Hall–Kier alpha value is -1.80. The average Bonchev–Trinajstić information content (AvgIpc) is 2.37. The van der Waals surface area contributed by atoms with Crippen LogP contribution in [0.25, 0.3) is 0 Å². The summed E-state index contributed by atoms with van der Waals surface area (Å²) in [5, 5.41) is 0. The minimum absolute atomic E-state index is 0.0270. The van der Waals surface area contributed by atoms with Crippen molar-refractivity contribution in [3.63, 3.8) is 0 Å². The SMILES string of the molecule is Cc1cc(C)cc(C(N)CN(C)c2cccc(C)c2)c1. The number of benzene rings is 2. The molecule has 0 bridgehead atoms. The summed E-state index contributed by atoms with van der Waals surface area (Å²) in [6.07, 6.45) is 0. The molecule has 2 N–H and O–H groups in total. The van der Waals surface area contributed by atoms with Crippen LogP contribution in [-0.4, -0.2) is 13.6 Å². The molecule has 2 rings (SSSR count). The molecule has 0 fully saturated rings. The third kappa shape index (κ3) is 3.61. The van der Waals surface area contributed by atoms with Gasteiger partial charge in [0.05, 0.1) is 0 Å². The van der Waals surface area contributed by atoms with Gasteiger partial charge in [-0.2, -0.15) is 0 Å². The van der Waals surface area contributed by atoms with E-state index in [2.05, 4.69) is 75.2 Å². The molecule has 106 valence electrons. The highest BCUT2D eigenvalue weighted by Crippen LogP contribution is 2.20. The number of anilines is 1. The molecule has 0 radical (unpaired) electrons. The molecule has 2 aromatic rings. The van der Waals surface area contributed by atoms with Crippen LogP contribution in [0.1, 0.15) is 28.3 Å². The predicted octanol–water partition coefficient (Wildman–Crippen LogP) is 3.75. The fourth-order valence-corrected chi connectivity index (χ4v) is 2.60. The van der Waals surface area contributed by atoms with Crippen LogP contribution >= 0.6 is 0 Å². The van der Waals surface area contributed by atoms with E-state index in [1.807, 2.05) is 0 Å². The molecule has 0 heterocycles. The summed E-state index contributed by atoms with van der Waals surface area (Å²) in [6.45, 7) is 7.16. The highest BCUT2D eigenvalue weighted by molar-refractivity contribution is 5.48. The predicted molar refractivity (Wildman–Crippen MR) is 87.3 cm³/mol. The minimum atomic E-state index is 0.0270. The Balaban J connectivity index is 2.12. The first-order chi connectivity index (χ1) is 9.45. The van der Waals surface area contributed by atoms with Crippen LogP contribution in [0.4, 0.5) is 5.69 Å². The molecule has 0 aliphatic rings. The fourth-order valence-electron chi connectivity index (χ4n) is 2.60. The first kappa shape index (κ1) is 14.6. The smallest absolute Gasteiger partial charge is 0.0473 e. The van der Waals surface area contributed by atoms with Gasteiger partial charge in [0.2, 0.25) is 0 Å². The van der Waals surface area contributed by atoms with Crippen molar-refractivity contribution in [2.24, 2.45) is 5.73 Å². The second-order valence-electron chi connectivity index (χ2n) is 5.75. The second kappa shape index (κ2) is 6.10. The lowest BCUT2D eigenvalue weighted by Crippen LogP contribution is -2.29. The van der Waals surface area contributed by atoms with Crippen LogP contribution in [0.15, 0.2) is 42.5 Å². The lowest BCUT2D eigenvalue weighted by atomic mass is 10.0. The normalized spacial score (nSPS) is 12.2. The highest BCUT2D eigenvalue weighted by Gasteiger charge is 2.11. The van der Waals surface area contributed by atoms with Crippen molar-refractivity contribution in [2.45, 2.75) is 26.8 Å². The Morgan fingerprint density at radius 1 is 0.950 bits per heavy atom. The topological polar surface area (TPSA) is 29.3 Å². The molecule has 0 aromatic heterocycles. The number of nitrogens with zero attached hydrogens (tertiary/aromatic N) is 1. The molecule has 0 aliphatic carbocycles. The zero-order chi connectivity index (χ0) is 14.7. The standard InChI is InChI=1S/C18H24N2/c1-13-6-5-7-17(11-13)20(4)12-18(19)16-9-14(2)8-15(3)10-16/h5-11,18H,12,19H2,1-4H3. The zero-order valence-electron chi connectivity index (χ0n) is 12.9. The Morgan fingerprint density at radius 3 is 2.20 bits per heavy atom. The van der Waals surface area contributed by atoms with Crippen molar-refractivity contribution in [2.75, 3.05) is 18.5 Å². The molecule has 0 aliphatic heterocycles.